The van der Waals surface area contributed by atoms with E-state index in [0.717, 1.165) is 12.0 Å². The van der Waals surface area contributed by atoms with Crippen molar-refractivity contribution in [1.29, 1.82) is 0 Å². The molecular formula is C18H18FN5O. The third kappa shape index (κ3) is 3.31. The maximum absolute atomic E-state index is 13.3. The first-order valence-corrected chi connectivity index (χ1v) is 8.25. The summed E-state index contributed by atoms with van der Waals surface area (Å²) in [6.07, 6.45) is 6.59. The summed E-state index contributed by atoms with van der Waals surface area (Å²) in [7, 11) is 0. The van der Waals surface area contributed by atoms with Gasteiger partial charge in [-0.05, 0) is 36.2 Å². The fourth-order valence-electron chi connectivity index (χ4n) is 3.22. The van der Waals surface area contributed by atoms with Crippen molar-refractivity contribution in [3.8, 4) is 0 Å². The van der Waals surface area contributed by atoms with Crippen molar-refractivity contribution in [1.82, 2.24) is 24.5 Å². The predicted octanol–water partition coefficient (Wildman–Crippen LogP) is 2.35. The molecule has 4 rings (SSSR count). The molecule has 1 aliphatic rings. The van der Waals surface area contributed by atoms with Crippen LogP contribution in [0.4, 0.5) is 4.39 Å². The third-order valence-corrected chi connectivity index (χ3v) is 4.49. The largest absolute Gasteiger partial charge is 0.349 e. The molecule has 0 unspecified atom stereocenters. The molecule has 1 amide bonds. The Morgan fingerprint density at radius 3 is 2.88 bits per heavy atom. The van der Waals surface area contributed by atoms with Crippen molar-refractivity contribution in [2.24, 2.45) is 0 Å². The average molecular weight is 339 g/mol. The molecule has 0 aliphatic carbocycles. The van der Waals surface area contributed by atoms with E-state index in [-0.39, 0.29) is 11.7 Å². The van der Waals surface area contributed by atoms with Crippen LogP contribution in [0.5, 0.6) is 0 Å². The summed E-state index contributed by atoms with van der Waals surface area (Å²) in [5, 5.41) is 7.98. The molecule has 3 heterocycles. The lowest BCUT2D eigenvalue weighted by Crippen LogP contribution is -2.29. The number of hydrogen-bond acceptors (Lipinski definition) is 3. The van der Waals surface area contributed by atoms with E-state index in [1.807, 2.05) is 30.6 Å². The molecule has 1 saturated heterocycles. The van der Waals surface area contributed by atoms with E-state index in [9.17, 15) is 9.18 Å². The fraction of sp³-hybridized carbons (Fsp3) is 0.278. The summed E-state index contributed by atoms with van der Waals surface area (Å²) in [5.74, 6) is -0.401. The quantitative estimate of drug-likeness (QED) is 0.733. The van der Waals surface area contributed by atoms with Crippen molar-refractivity contribution in [3.05, 3.63) is 72.1 Å². The van der Waals surface area contributed by atoms with E-state index in [1.165, 1.54) is 12.1 Å². The van der Waals surface area contributed by atoms with Crippen LogP contribution in [-0.4, -0.2) is 43.5 Å². The lowest BCUT2D eigenvalue weighted by molar-refractivity contribution is 0.0782. The second kappa shape index (κ2) is 6.51. The molecule has 1 aromatic carbocycles. The highest BCUT2D eigenvalue weighted by Crippen LogP contribution is 2.22. The Labute approximate surface area is 144 Å². The van der Waals surface area contributed by atoms with Gasteiger partial charge in [-0.1, -0.05) is 17.3 Å². The maximum atomic E-state index is 13.3. The normalized spacial score (nSPS) is 17.2. The van der Waals surface area contributed by atoms with Crippen LogP contribution in [0, 0.1) is 5.82 Å². The van der Waals surface area contributed by atoms with Gasteiger partial charge in [-0.25, -0.2) is 9.07 Å². The van der Waals surface area contributed by atoms with Gasteiger partial charge in [0.1, 0.15) is 5.82 Å². The zero-order valence-corrected chi connectivity index (χ0v) is 13.6. The standard InChI is InChI=1S/C18H18FN5O/c19-15-5-3-4-14(10-15)11-24-13-17(20-21-24)18(25)23-9-6-16(12-23)22-7-1-2-8-22/h1-5,7-8,10,13,16H,6,9,11-12H2/t16-/m0/s1. The van der Waals surface area contributed by atoms with Gasteiger partial charge in [-0.2, -0.15) is 0 Å². The van der Waals surface area contributed by atoms with Crippen molar-refractivity contribution < 1.29 is 9.18 Å². The second-order valence-corrected chi connectivity index (χ2v) is 6.26. The minimum atomic E-state index is -0.290. The number of amides is 1. The van der Waals surface area contributed by atoms with Gasteiger partial charge in [0.2, 0.25) is 0 Å². The Morgan fingerprint density at radius 2 is 2.08 bits per heavy atom. The van der Waals surface area contributed by atoms with E-state index in [1.54, 1.807) is 21.8 Å². The number of halogens is 1. The van der Waals surface area contributed by atoms with Gasteiger partial charge < -0.3 is 9.47 Å². The first kappa shape index (κ1) is 15.6. The number of rotatable bonds is 4. The molecule has 0 radical (unpaired) electrons. The molecule has 1 atom stereocenters. The summed E-state index contributed by atoms with van der Waals surface area (Å²) >= 11 is 0. The highest BCUT2D eigenvalue weighted by molar-refractivity contribution is 5.92. The van der Waals surface area contributed by atoms with Crippen LogP contribution in [0.25, 0.3) is 0 Å². The molecule has 1 aliphatic heterocycles. The molecular weight excluding hydrogens is 321 g/mol. The Bertz CT molecular complexity index is 873. The third-order valence-electron chi connectivity index (χ3n) is 4.49. The van der Waals surface area contributed by atoms with Crippen LogP contribution in [0.2, 0.25) is 0 Å². The van der Waals surface area contributed by atoms with Crippen LogP contribution in [0.15, 0.2) is 55.0 Å². The molecule has 0 N–H and O–H groups in total. The molecule has 6 nitrogen and oxygen atoms in total. The van der Waals surface area contributed by atoms with Gasteiger partial charge in [-0.3, -0.25) is 4.79 Å². The van der Waals surface area contributed by atoms with E-state index in [0.29, 0.717) is 31.4 Å². The number of carbonyl (C=O) groups excluding carboxylic acids is 1. The zero-order valence-electron chi connectivity index (χ0n) is 13.6. The van der Waals surface area contributed by atoms with Crippen LogP contribution in [0.1, 0.15) is 28.5 Å². The van der Waals surface area contributed by atoms with Crippen LogP contribution < -0.4 is 0 Å². The topological polar surface area (TPSA) is 56.0 Å². The molecule has 7 heteroatoms. The molecule has 1 fully saturated rings. The van der Waals surface area contributed by atoms with Gasteiger partial charge >= 0.3 is 0 Å². The van der Waals surface area contributed by atoms with Crippen LogP contribution >= 0.6 is 0 Å². The second-order valence-electron chi connectivity index (χ2n) is 6.26. The number of hydrogen-bond donors (Lipinski definition) is 0. The predicted molar refractivity (Wildman–Crippen MR) is 89.5 cm³/mol. The average Bonchev–Trinajstić information content (AvgIpc) is 3.35. The Balaban J connectivity index is 1.42. The highest BCUT2D eigenvalue weighted by Gasteiger charge is 2.29. The first-order chi connectivity index (χ1) is 12.2. The van der Waals surface area contributed by atoms with Crippen molar-refractivity contribution in [2.75, 3.05) is 13.1 Å². The number of nitrogens with zero attached hydrogens (tertiary/aromatic N) is 5. The minimum absolute atomic E-state index is 0.111. The van der Waals surface area contributed by atoms with E-state index in [2.05, 4.69) is 14.9 Å². The summed E-state index contributed by atoms with van der Waals surface area (Å²) in [4.78, 5) is 14.4. The van der Waals surface area contributed by atoms with Gasteiger partial charge in [0, 0.05) is 25.5 Å². The van der Waals surface area contributed by atoms with Crippen molar-refractivity contribution in [3.63, 3.8) is 0 Å². The molecule has 0 bridgehead atoms. The molecule has 3 aromatic rings. The summed E-state index contributed by atoms with van der Waals surface area (Å²) < 4.78 is 16.9. The van der Waals surface area contributed by atoms with Crippen molar-refractivity contribution in [2.45, 2.75) is 19.0 Å². The molecule has 2 aromatic heterocycles. The zero-order chi connectivity index (χ0) is 17.2. The highest BCUT2D eigenvalue weighted by atomic mass is 19.1. The SMILES string of the molecule is O=C(c1cn(Cc2cccc(F)c2)nn1)N1CC[C@H](n2cccc2)C1. The van der Waals surface area contributed by atoms with Gasteiger partial charge in [0.15, 0.2) is 5.69 Å². The number of carbonyl (C=O) groups is 1. The minimum Gasteiger partial charge on any atom is -0.349 e. The smallest absolute Gasteiger partial charge is 0.276 e. The summed E-state index contributed by atoms with van der Waals surface area (Å²) in [6, 6.07) is 10.6. The Morgan fingerprint density at radius 1 is 1.24 bits per heavy atom. The Kier molecular flexibility index (Phi) is 4.05. The summed E-state index contributed by atoms with van der Waals surface area (Å²) in [6.45, 7) is 1.76. The van der Waals surface area contributed by atoms with Crippen LogP contribution in [0.3, 0.4) is 0 Å². The number of aromatic nitrogens is 4. The number of likely N-dealkylation sites (tertiary alicyclic amines) is 1. The lowest BCUT2D eigenvalue weighted by atomic mass is 10.2. The van der Waals surface area contributed by atoms with E-state index >= 15 is 0 Å². The van der Waals surface area contributed by atoms with E-state index < -0.39 is 0 Å². The fourth-order valence-corrected chi connectivity index (χ4v) is 3.22. The monoisotopic (exact) mass is 339 g/mol. The van der Waals surface area contributed by atoms with Crippen LogP contribution in [-0.2, 0) is 6.54 Å². The van der Waals surface area contributed by atoms with E-state index in [4.69, 9.17) is 0 Å². The first-order valence-electron chi connectivity index (χ1n) is 8.25. The van der Waals surface area contributed by atoms with Gasteiger partial charge in [0.05, 0.1) is 18.8 Å². The summed E-state index contributed by atoms with van der Waals surface area (Å²) in [5.41, 5.74) is 1.10. The lowest BCUT2D eigenvalue weighted by Gasteiger charge is -2.15. The van der Waals surface area contributed by atoms with Gasteiger partial charge in [-0.15, -0.1) is 5.10 Å². The van der Waals surface area contributed by atoms with Crippen molar-refractivity contribution >= 4 is 5.91 Å². The molecule has 25 heavy (non-hydrogen) atoms. The number of benzene rings is 1. The molecule has 0 saturated carbocycles. The van der Waals surface area contributed by atoms with Gasteiger partial charge in [0.25, 0.3) is 5.91 Å². The molecule has 0 spiro atoms. The maximum Gasteiger partial charge on any atom is 0.276 e. The Hall–Kier alpha value is -2.96. The molecule has 128 valence electrons.